The predicted molar refractivity (Wildman–Crippen MR) is 113 cm³/mol. The van der Waals surface area contributed by atoms with Crippen LogP contribution < -0.4 is 20.9 Å². The quantitative estimate of drug-likeness (QED) is 0.543. The van der Waals surface area contributed by atoms with Gasteiger partial charge in [-0.05, 0) is 18.9 Å². The number of nitrogens with one attached hydrogen (secondary N) is 3. The molecule has 9 nitrogen and oxygen atoms in total. The summed E-state index contributed by atoms with van der Waals surface area (Å²) in [6, 6.07) is 0.503. The fraction of sp³-hybridized carbons (Fsp3) is 0.400. The summed E-state index contributed by atoms with van der Waals surface area (Å²) >= 11 is 6.11. The summed E-state index contributed by atoms with van der Waals surface area (Å²) in [5.41, 5.74) is 1.27. The molecule has 0 spiro atoms. The molecule has 0 aromatic carbocycles. The number of methoxy groups -OCH3 is 1. The van der Waals surface area contributed by atoms with Crippen LogP contribution in [-0.2, 0) is 9.53 Å². The zero-order chi connectivity index (χ0) is 23.8. The molecule has 33 heavy (non-hydrogen) atoms. The van der Waals surface area contributed by atoms with E-state index in [4.69, 9.17) is 16.3 Å². The van der Waals surface area contributed by atoms with Crippen molar-refractivity contribution in [3.05, 3.63) is 46.7 Å². The third-order valence-electron chi connectivity index (χ3n) is 5.36. The molecule has 3 N–H and O–H groups in total. The maximum atomic E-state index is 12.6. The van der Waals surface area contributed by atoms with E-state index < -0.39 is 30.6 Å². The van der Waals surface area contributed by atoms with Gasteiger partial charge in [0, 0.05) is 36.2 Å². The number of aromatic nitrogens is 2. The third-order valence-corrected chi connectivity index (χ3v) is 5.58. The lowest BCUT2D eigenvalue weighted by Crippen LogP contribution is -2.46. The van der Waals surface area contributed by atoms with Gasteiger partial charge in [0.2, 0.25) is 5.91 Å². The van der Waals surface area contributed by atoms with Crippen LogP contribution in [0.25, 0.3) is 5.57 Å². The van der Waals surface area contributed by atoms with Gasteiger partial charge >= 0.3 is 12.1 Å². The fourth-order valence-electron chi connectivity index (χ4n) is 3.87. The molecule has 2 atom stereocenters. The van der Waals surface area contributed by atoms with Gasteiger partial charge in [0.15, 0.2) is 11.5 Å². The van der Waals surface area contributed by atoms with Crippen molar-refractivity contribution in [3.8, 4) is 0 Å². The van der Waals surface area contributed by atoms with Crippen LogP contribution in [0.3, 0.4) is 0 Å². The first-order valence-corrected chi connectivity index (χ1v) is 10.4. The van der Waals surface area contributed by atoms with Crippen LogP contribution in [0.15, 0.2) is 35.1 Å². The SMILES string of the molecule is COC(=O)c1cc(N2CCC[C@@H]2C(=O)NCC(F)(F)F)nc(C2=CNC3NC=C(Cl)C=C23)n1. The molecule has 4 rings (SSSR count). The summed E-state index contributed by atoms with van der Waals surface area (Å²) in [7, 11) is 1.21. The van der Waals surface area contributed by atoms with E-state index in [0.717, 1.165) is 5.57 Å². The standard InChI is InChI=1S/C20H20ClF3N6O3/c1-33-19(32)13-6-15(30-4-2-3-14(30)18(31)27-9-20(22,23)24)29-17(28-13)12-8-26-16-11(12)5-10(21)7-25-16/h5-8,14,16,25-26H,2-4,9H2,1H3,(H,27,31)/t14-,16?/m1/s1. The van der Waals surface area contributed by atoms with Gasteiger partial charge in [-0.2, -0.15) is 13.2 Å². The summed E-state index contributed by atoms with van der Waals surface area (Å²) in [4.78, 5) is 35.2. The molecule has 0 saturated carbocycles. The van der Waals surface area contributed by atoms with E-state index in [1.165, 1.54) is 13.2 Å². The minimum atomic E-state index is -4.52. The largest absolute Gasteiger partial charge is 0.464 e. The van der Waals surface area contributed by atoms with Crippen LogP contribution in [0.2, 0.25) is 0 Å². The Labute approximate surface area is 191 Å². The monoisotopic (exact) mass is 484 g/mol. The Hall–Kier alpha value is -3.28. The van der Waals surface area contributed by atoms with Gasteiger partial charge in [-0.3, -0.25) is 4.79 Å². The number of dihydropyridines is 1. The molecule has 1 fully saturated rings. The molecule has 3 aliphatic rings. The van der Waals surface area contributed by atoms with Gasteiger partial charge in [-0.25, -0.2) is 14.8 Å². The second kappa shape index (κ2) is 8.93. The number of esters is 1. The van der Waals surface area contributed by atoms with Crippen LogP contribution in [-0.4, -0.2) is 60.4 Å². The van der Waals surface area contributed by atoms with E-state index in [1.807, 2.05) is 5.32 Å². The van der Waals surface area contributed by atoms with Crippen molar-refractivity contribution in [1.82, 2.24) is 25.9 Å². The number of amides is 1. The number of anilines is 1. The third kappa shape index (κ3) is 4.90. The molecule has 13 heteroatoms. The number of fused-ring (bicyclic) bond motifs is 1. The van der Waals surface area contributed by atoms with E-state index in [1.54, 1.807) is 23.4 Å². The first-order valence-electron chi connectivity index (χ1n) is 10.0. The van der Waals surface area contributed by atoms with Crippen molar-refractivity contribution < 1.29 is 27.5 Å². The molecular weight excluding hydrogens is 465 g/mol. The van der Waals surface area contributed by atoms with Crippen LogP contribution in [0.1, 0.15) is 29.2 Å². The number of carbonyl (C=O) groups excluding carboxylic acids is 2. The topological polar surface area (TPSA) is 108 Å². The van der Waals surface area contributed by atoms with Gasteiger partial charge in [-0.15, -0.1) is 0 Å². The van der Waals surface area contributed by atoms with Gasteiger partial charge in [0.1, 0.15) is 24.6 Å². The van der Waals surface area contributed by atoms with E-state index in [-0.39, 0.29) is 23.5 Å². The lowest BCUT2D eigenvalue weighted by Gasteiger charge is -2.26. The maximum Gasteiger partial charge on any atom is 0.405 e. The zero-order valence-corrected chi connectivity index (χ0v) is 18.1. The van der Waals surface area contributed by atoms with Crippen LogP contribution in [0, 0.1) is 0 Å². The van der Waals surface area contributed by atoms with Gasteiger partial charge in [0.05, 0.1) is 12.1 Å². The first-order chi connectivity index (χ1) is 15.7. The minimum absolute atomic E-state index is 0.0470. The molecule has 0 radical (unpaired) electrons. The number of halogens is 4. The van der Waals surface area contributed by atoms with Crippen molar-refractivity contribution in [2.75, 3.05) is 25.1 Å². The molecule has 1 unspecified atom stereocenters. The molecule has 4 heterocycles. The highest BCUT2D eigenvalue weighted by Crippen LogP contribution is 2.33. The van der Waals surface area contributed by atoms with Crippen LogP contribution in [0.5, 0.6) is 0 Å². The lowest BCUT2D eigenvalue weighted by molar-refractivity contribution is -0.139. The summed E-state index contributed by atoms with van der Waals surface area (Å²) in [5, 5.41) is 8.56. The van der Waals surface area contributed by atoms with E-state index in [2.05, 4.69) is 20.6 Å². The number of hydrogen-bond acceptors (Lipinski definition) is 8. The Morgan fingerprint density at radius 3 is 2.79 bits per heavy atom. The smallest absolute Gasteiger partial charge is 0.405 e. The Bertz CT molecular complexity index is 1070. The number of alkyl halides is 3. The second-order valence-electron chi connectivity index (χ2n) is 7.56. The number of nitrogens with zero attached hydrogens (tertiary/aromatic N) is 3. The maximum absolute atomic E-state index is 12.6. The van der Waals surface area contributed by atoms with Crippen molar-refractivity contribution in [1.29, 1.82) is 0 Å². The predicted octanol–water partition coefficient (Wildman–Crippen LogP) is 1.79. The number of ether oxygens (including phenoxy) is 1. The van der Waals surface area contributed by atoms with Crippen molar-refractivity contribution in [2.24, 2.45) is 0 Å². The summed E-state index contributed by atoms with van der Waals surface area (Å²) < 4.78 is 42.5. The number of hydrogen-bond donors (Lipinski definition) is 3. The van der Waals surface area contributed by atoms with E-state index in [9.17, 15) is 22.8 Å². The number of allylic oxidation sites excluding steroid dienone is 2. The summed E-state index contributed by atoms with van der Waals surface area (Å²) in [6.45, 7) is -1.05. The Kier molecular flexibility index (Phi) is 6.19. The highest BCUT2D eigenvalue weighted by molar-refractivity contribution is 6.31. The molecule has 1 amide bonds. The van der Waals surface area contributed by atoms with E-state index in [0.29, 0.717) is 30.0 Å². The molecule has 176 valence electrons. The molecule has 1 aromatic heterocycles. The normalized spacial score (nSPS) is 21.8. The average molecular weight is 485 g/mol. The number of carbonyl (C=O) groups is 2. The molecule has 1 saturated heterocycles. The number of rotatable bonds is 5. The Morgan fingerprint density at radius 1 is 1.30 bits per heavy atom. The minimum Gasteiger partial charge on any atom is -0.464 e. The average Bonchev–Trinajstić information content (AvgIpc) is 3.43. The van der Waals surface area contributed by atoms with Crippen molar-refractivity contribution >= 4 is 34.9 Å². The first kappa shape index (κ1) is 22.9. The summed E-state index contributed by atoms with van der Waals surface area (Å²) in [5.74, 6) is -1.06. The second-order valence-corrected chi connectivity index (χ2v) is 8.00. The molecule has 3 aliphatic heterocycles. The lowest BCUT2D eigenvalue weighted by atomic mass is 10.0. The highest BCUT2D eigenvalue weighted by Gasteiger charge is 2.36. The Balaban J connectivity index is 1.68. The van der Waals surface area contributed by atoms with Crippen molar-refractivity contribution in [2.45, 2.75) is 31.2 Å². The van der Waals surface area contributed by atoms with Gasteiger partial charge < -0.3 is 25.6 Å². The molecule has 0 aliphatic carbocycles. The van der Waals surface area contributed by atoms with Crippen LogP contribution >= 0.6 is 11.6 Å². The summed E-state index contributed by atoms with van der Waals surface area (Å²) in [6.07, 6.45) is 1.16. The van der Waals surface area contributed by atoms with Gasteiger partial charge in [0.25, 0.3) is 0 Å². The molecule has 1 aromatic rings. The molecular formula is C20H20ClF3N6O3. The zero-order valence-electron chi connectivity index (χ0n) is 17.4. The van der Waals surface area contributed by atoms with Gasteiger partial charge in [-0.1, -0.05) is 11.6 Å². The van der Waals surface area contributed by atoms with E-state index >= 15 is 0 Å². The highest BCUT2D eigenvalue weighted by atomic mass is 35.5. The van der Waals surface area contributed by atoms with Crippen LogP contribution in [0.4, 0.5) is 19.0 Å². The molecule has 0 bridgehead atoms. The fourth-order valence-corrected chi connectivity index (χ4v) is 4.05. The van der Waals surface area contributed by atoms with Crippen molar-refractivity contribution in [3.63, 3.8) is 0 Å². The Morgan fingerprint density at radius 2 is 2.06 bits per heavy atom.